The summed E-state index contributed by atoms with van der Waals surface area (Å²) < 4.78 is 10.5. The van der Waals surface area contributed by atoms with E-state index < -0.39 is 0 Å². The fourth-order valence-corrected chi connectivity index (χ4v) is 2.40. The van der Waals surface area contributed by atoms with Crippen molar-refractivity contribution in [1.82, 2.24) is 5.32 Å². The van der Waals surface area contributed by atoms with Gasteiger partial charge in [0.25, 0.3) is 0 Å². The van der Waals surface area contributed by atoms with Crippen molar-refractivity contribution in [2.75, 3.05) is 25.7 Å². The first-order valence-corrected chi connectivity index (χ1v) is 6.78. The van der Waals surface area contributed by atoms with Gasteiger partial charge in [-0.2, -0.15) is 0 Å². The number of halogens is 1. The molecule has 0 aliphatic carbocycles. The summed E-state index contributed by atoms with van der Waals surface area (Å²) in [6, 6.07) is 0.0632. The summed E-state index contributed by atoms with van der Waals surface area (Å²) in [4.78, 5) is 11.9. The van der Waals surface area contributed by atoms with Crippen LogP contribution in [0.5, 0.6) is 0 Å². The highest BCUT2D eigenvalue weighted by atomic mass is 79.9. The quantitative estimate of drug-likeness (QED) is 0.752. The van der Waals surface area contributed by atoms with Gasteiger partial charge in [-0.1, -0.05) is 22.9 Å². The lowest BCUT2D eigenvalue weighted by Crippen LogP contribution is -2.45. The normalized spacial score (nSPS) is 26.7. The molecule has 1 aliphatic heterocycles. The Morgan fingerprint density at radius 3 is 2.94 bits per heavy atom. The van der Waals surface area contributed by atoms with Crippen LogP contribution < -0.4 is 5.32 Å². The van der Waals surface area contributed by atoms with Gasteiger partial charge < -0.3 is 14.8 Å². The number of carbonyl (C=O) groups is 1. The van der Waals surface area contributed by atoms with Gasteiger partial charge in [-0.25, -0.2) is 0 Å². The Bertz CT molecular complexity index is 219. The molecule has 0 aromatic carbocycles. The largest absolute Gasteiger partial charge is 0.383 e. The van der Waals surface area contributed by atoms with Crippen LogP contribution in [0.15, 0.2) is 0 Å². The molecule has 1 saturated heterocycles. The molecule has 4 nitrogen and oxygen atoms in total. The second kappa shape index (κ2) is 7.25. The number of carbonyl (C=O) groups excluding carboxylic acids is 1. The lowest BCUT2D eigenvalue weighted by atomic mass is 10.0. The summed E-state index contributed by atoms with van der Waals surface area (Å²) in [7, 11) is 1.64. The molecule has 1 heterocycles. The molecule has 0 bridgehead atoms. The molecule has 0 spiro atoms. The van der Waals surface area contributed by atoms with E-state index >= 15 is 0 Å². The van der Waals surface area contributed by atoms with E-state index in [1.165, 1.54) is 0 Å². The first-order chi connectivity index (χ1) is 7.69. The highest BCUT2D eigenvalue weighted by Crippen LogP contribution is 2.20. The van der Waals surface area contributed by atoms with Crippen molar-refractivity contribution in [2.24, 2.45) is 5.92 Å². The maximum Gasteiger partial charge on any atom is 0.249 e. The number of nitrogens with one attached hydrogen (secondary N) is 1. The summed E-state index contributed by atoms with van der Waals surface area (Å²) in [5.74, 6) is 0.306. The molecule has 94 valence electrons. The van der Waals surface area contributed by atoms with E-state index in [0.717, 1.165) is 18.2 Å². The lowest BCUT2D eigenvalue weighted by molar-refractivity contribution is -0.132. The number of hydrogen-bond donors (Lipinski definition) is 1. The molecule has 0 saturated carbocycles. The van der Waals surface area contributed by atoms with Crippen molar-refractivity contribution >= 4 is 21.8 Å². The summed E-state index contributed by atoms with van der Waals surface area (Å²) in [5.41, 5.74) is 0. The van der Waals surface area contributed by atoms with Gasteiger partial charge in [-0.15, -0.1) is 0 Å². The minimum absolute atomic E-state index is 0.00648. The molecule has 0 aromatic heterocycles. The van der Waals surface area contributed by atoms with Crippen LogP contribution in [0.25, 0.3) is 0 Å². The number of rotatable bonds is 6. The Morgan fingerprint density at radius 2 is 2.44 bits per heavy atom. The van der Waals surface area contributed by atoms with E-state index in [-0.39, 0.29) is 18.1 Å². The van der Waals surface area contributed by atoms with Gasteiger partial charge in [-0.3, -0.25) is 4.79 Å². The predicted octanol–water partition coefficient (Wildman–Crippen LogP) is 1.33. The fraction of sp³-hybridized carbons (Fsp3) is 0.909. The van der Waals surface area contributed by atoms with Gasteiger partial charge in [0.2, 0.25) is 5.91 Å². The monoisotopic (exact) mass is 293 g/mol. The van der Waals surface area contributed by atoms with Crippen LogP contribution in [0, 0.1) is 5.92 Å². The van der Waals surface area contributed by atoms with E-state index in [1.807, 2.05) is 6.92 Å². The fourth-order valence-electron chi connectivity index (χ4n) is 1.84. The van der Waals surface area contributed by atoms with E-state index in [0.29, 0.717) is 19.1 Å². The second-order valence-corrected chi connectivity index (χ2v) is 4.99. The van der Waals surface area contributed by atoms with Crippen molar-refractivity contribution in [2.45, 2.75) is 31.9 Å². The highest BCUT2D eigenvalue weighted by molar-refractivity contribution is 9.09. The average Bonchev–Trinajstić information content (AvgIpc) is 2.65. The van der Waals surface area contributed by atoms with Gasteiger partial charge >= 0.3 is 0 Å². The van der Waals surface area contributed by atoms with Gasteiger partial charge in [0, 0.05) is 19.0 Å². The van der Waals surface area contributed by atoms with Crippen LogP contribution in [0.2, 0.25) is 0 Å². The Hall–Kier alpha value is -0.130. The maximum absolute atomic E-state index is 11.9. The molecule has 1 fully saturated rings. The van der Waals surface area contributed by atoms with Gasteiger partial charge in [0.1, 0.15) is 6.10 Å². The van der Waals surface area contributed by atoms with E-state index in [1.54, 1.807) is 7.11 Å². The molecule has 1 N–H and O–H groups in total. The molecule has 0 aromatic rings. The molecular weight excluding hydrogens is 274 g/mol. The zero-order valence-corrected chi connectivity index (χ0v) is 11.5. The van der Waals surface area contributed by atoms with Crippen LogP contribution in [-0.2, 0) is 14.3 Å². The zero-order valence-electron chi connectivity index (χ0n) is 9.87. The average molecular weight is 294 g/mol. The SMILES string of the molecule is COCC(CCBr)NC(=O)C1OCCC1C. The third-order valence-electron chi connectivity index (χ3n) is 2.82. The van der Waals surface area contributed by atoms with E-state index in [9.17, 15) is 4.79 Å². The molecule has 1 rings (SSSR count). The second-order valence-electron chi connectivity index (χ2n) is 4.20. The van der Waals surface area contributed by atoms with Crippen molar-refractivity contribution in [3.63, 3.8) is 0 Å². The van der Waals surface area contributed by atoms with Gasteiger partial charge in [0.15, 0.2) is 0 Å². The molecule has 1 amide bonds. The van der Waals surface area contributed by atoms with Crippen LogP contribution >= 0.6 is 15.9 Å². The van der Waals surface area contributed by atoms with Gasteiger partial charge in [0.05, 0.1) is 12.6 Å². The molecule has 3 atom stereocenters. The number of alkyl halides is 1. The molecular formula is C11H20BrNO3. The Balaban J connectivity index is 2.40. The molecule has 16 heavy (non-hydrogen) atoms. The minimum Gasteiger partial charge on any atom is -0.383 e. The van der Waals surface area contributed by atoms with Crippen LogP contribution in [0.3, 0.4) is 0 Å². The highest BCUT2D eigenvalue weighted by Gasteiger charge is 2.31. The Kier molecular flexibility index (Phi) is 6.31. The standard InChI is InChI=1S/C11H20BrNO3/c1-8-4-6-16-10(8)11(14)13-9(3-5-12)7-15-2/h8-10H,3-7H2,1-2H3,(H,13,14). The van der Waals surface area contributed by atoms with Crippen molar-refractivity contribution < 1.29 is 14.3 Å². The predicted molar refractivity (Wildman–Crippen MR) is 65.7 cm³/mol. The number of methoxy groups -OCH3 is 1. The van der Waals surface area contributed by atoms with Crippen molar-refractivity contribution in [3.8, 4) is 0 Å². The number of hydrogen-bond acceptors (Lipinski definition) is 3. The van der Waals surface area contributed by atoms with E-state index in [4.69, 9.17) is 9.47 Å². The topological polar surface area (TPSA) is 47.6 Å². The smallest absolute Gasteiger partial charge is 0.249 e. The summed E-state index contributed by atoms with van der Waals surface area (Å²) >= 11 is 3.37. The molecule has 3 unspecified atom stereocenters. The molecule has 1 aliphatic rings. The molecule has 5 heteroatoms. The van der Waals surface area contributed by atoms with Crippen LogP contribution in [0.1, 0.15) is 19.8 Å². The van der Waals surface area contributed by atoms with Gasteiger partial charge in [-0.05, 0) is 18.8 Å². The minimum atomic E-state index is -0.283. The van der Waals surface area contributed by atoms with Crippen LogP contribution in [-0.4, -0.2) is 43.7 Å². The van der Waals surface area contributed by atoms with Crippen molar-refractivity contribution in [3.05, 3.63) is 0 Å². The molecule has 0 radical (unpaired) electrons. The third kappa shape index (κ3) is 4.03. The summed E-state index contributed by atoms with van der Waals surface area (Å²) in [6.45, 7) is 3.28. The number of ether oxygens (including phenoxy) is 2. The van der Waals surface area contributed by atoms with Crippen molar-refractivity contribution in [1.29, 1.82) is 0 Å². The third-order valence-corrected chi connectivity index (χ3v) is 3.28. The maximum atomic E-state index is 11.9. The summed E-state index contributed by atoms with van der Waals surface area (Å²) in [5, 5.41) is 3.82. The summed E-state index contributed by atoms with van der Waals surface area (Å²) in [6.07, 6.45) is 1.54. The first-order valence-electron chi connectivity index (χ1n) is 5.66. The zero-order chi connectivity index (χ0) is 12.0. The first kappa shape index (κ1) is 13.9. The van der Waals surface area contributed by atoms with Crippen LogP contribution in [0.4, 0.5) is 0 Å². The number of amides is 1. The lowest BCUT2D eigenvalue weighted by Gasteiger charge is -2.20. The Labute approximate surface area is 105 Å². The van der Waals surface area contributed by atoms with E-state index in [2.05, 4.69) is 21.2 Å². The Morgan fingerprint density at radius 1 is 1.69 bits per heavy atom.